The maximum absolute atomic E-state index is 13.7. The lowest BCUT2D eigenvalue weighted by atomic mass is 10.0. The van der Waals surface area contributed by atoms with Crippen LogP contribution in [0.25, 0.3) is 5.57 Å². The van der Waals surface area contributed by atoms with Crippen molar-refractivity contribution in [1.29, 1.82) is 0 Å². The van der Waals surface area contributed by atoms with Gasteiger partial charge in [-0.3, -0.25) is 9.59 Å². The Bertz CT molecular complexity index is 1160. The number of halogens is 1. The van der Waals surface area contributed by atoms with Gasteiger partial charge in [0.2, 0.25) is 0 Å². The normalized spacial score (nSPS) is 13.7. The lowest BCUT2D eigenvalue weighted by molar-refractivity contribution is -0.120. The Balaban J connectivity index is 1.94. The lowest BCUT2D eigenvalue weighted by Gasteiger charge is -2.25. The van der Waals surface area contributed by atoms with Crippen LogP contribution < -0.4 is 14.5 Å². The average Bonchev–Trinajstić information content (AvgIpc) is 3.05. The fraction of sp³-hybridized carbons (Fsp3) is 0.120. The van der Waals surface area contributed by atoms with Gasteiger partial charge in [-0.05, 0) is 49.4 Å². The minimum atomic E-state index is -0.402. The predicted octanol–water partition coefficient (Wildman–Crippen LogP) is 5.16. The second-order valence-electron chi connectivity index (χ2n) is 6.93. The summed E-state index contributed by atoms with van der Waals surface area (Å²) in [5.74, 6) is -0.265. The molecule has 5 nitrogen and oxygen atoms in total. The average molecular weight is 433 g/mol. The molecule has 0 aliphatic carbocycles. The van der Waals surface area contributed by atoms with Crippen molar-refractivity contribution in [3.63, 3.8) is 0 Å². The smallest absolute Gasteiger partial charge is 0.282 e. The highest BCUT2D eigenvalue weighted by molar-refractivity contribution is 6.46. The maximum Gasteiger partial charge on any atom is 0.282 e. The molecule has 6 heteroatoms. The summed E-state index contributed by atoms with van der Waals surface area (Å²) in [6, 6.07) is 23.4. The molecule has 4 rings (SSSR count). The first-order chi connectivity index (χ1) is 15.1. The van der Waals surface area contributed by atoms with Crippen LogP contribution in [-0.4, -0.2) is 25.5 Å². The van der Waals surface area contributed by atoms with Crippen molar-refractivity contribution in [1.82, 2.24) is 0 Å². The summed E-state index contributed by atoms with van der Waals surface area (Å²) in [6.07, 6.45) is 0. The number of likely N-dealkylation sites (N-methyl/N-ethyl adjacent to an activating group) is 1. The number of methoxy groups -OCH3 is 1. The molecule has 0 N–H and O–H groups in total. The van der Waals surface area contributed by atoms with Gasteiger partial charge in [0.1, 0.15) is 11.4 Å². The number of anilines is 2. The Labute approximate surface area is 186 Å². The fourth-order valence-electron chi connectivity index (χ4n) is 3.76. The Morgan fingerprint density at radius 2 is 1.52 bits per heavy atom. The number of imide groups is 1. The zero-order valence-electron chi connectivity index (χ0n) is 17.2. The topological polar surface area (TPSA) is 49.9 Å². The van der Waals surface area contributed by atoms with E-state index in [0.717, 1.165) is 5.69 Å². The van der Waals surface area contributed by atoms with Gasteiger partial charge in [-0.2, -0.15) is 0 Å². The summed E-state index contributed by atoms with van der Waals surface area (Å²) in [4.78, 5) is 30.4. The third-order valence-corrected chi connectivity index (χ3v) is 5.43. The second kappa shape index (κ2) is 8.66. The Morgan fingerprint density at radius 1 is 0.871 bits per heavy atom. The fourth-order valence-corrected chi connectivity index (χ4v) is 3.89. The standard InChI is InChI=1S/C25H21ClN2O3/c1-3-27(18-9-5-4-6-10-18)23-22(20-11-7-8-12-21(20)31-2)24(29)28(25(23)30)19-15-13-17(26)14-16-19/h4-16H,3H2,1-2H3. The van der Waals surface area contributed by atoms with Crippen LogP contribution in [0.3, 0.4) is 0 Å². The number of amides is 2. The predicted molar refractivity (Wildman–Crippen MR) is 123 cm³/mol. The molecule has 1 aliphatic rings. The lowest BCUT2D eigenvalue weighted by Crippen LogP contribution is -2.35. The molecule has 1 heterocycles. The number of hydrogen-bond donors (Lipinski definition) is 0. The Hall–Kier alpha value is -3.57. The van der Waals surface area contributed by atoms with E-state index in [2.05, 4.69) is 0 Å². The largest absolute Gasteiger partial charge is 0.496 e. The number of carbonyl (C=O) groups is 2. The summed E-state index contributed by atoms with van der Waals surface area (Å²) in [7, 11) is 1.55. The quantitative estimate of drug-likeness (QED) is 0.505. The van der Waals surface area contributed by atoms with Gasteiger partial charge in [0.25, 0.3) is 11.8 Å². The van der Waals surface area contributed by atoms with Gasteiger partial charge in [0, 0.05) is 22.8 Å². The van der Waals surface area contributed by atoms with Gasteiger partial charge >= 0.3 is 0 Å². The molecule has 3 aromatic carbocycles. The molecular formula is C25H21ClN2O3. The number of para-hydroxylation sites is 2. The summed E-state index contributed by atoms with van der Waals surface area (Å²) in [5, 5.41) is 0.528. The number of hydrogen-bond acceptors (Lipinski definition) is 4. The molecule has 0 fully saturated rings. The van der Waals surface area contributed by atoms with Crippen molar-refractivity contribution < 1.29 is 14.3 Å². The van der Waals surface area contributed by atoms with E-state index in [9.17, 15) is 9.59 Å². The molecule has 1 aliphatic heterocycles. The van der Waals surface area contributed by atoms with E-state index < -0.39 is 5.91 Å². The summed E-state index contributed by atoms with van der Waals surface area (Å²) >= 11 is 6.01. The van der Waals surface area contributed by atoms with Gasteiger partial charge in [-0.25, -0.2) is 4.90 Å². The van der Waals surface area contributed by atoms with Crippen molar-refractivity contribution in [3.05, 3.63) is 95.1 Å². The van der Waals surface area contributed by atoms with Crippen LogP contribution in [0.15, 0.2) is 84.6 Å². The minimum absolute atomic E-state index is 0.308. The van der Waals surface area contributed by atoms with E-state index in [4.69, 9.17) is 16.3 Å². The van der Waals surface area contributed by atoms with E-state index in [0.29, 0.717) is 39.8 Å². The molecule has 31 heavy (non-hydrogen) atoms. The van der Waals surface area contributed by atoms with Crippen LogP contribution in [0.1, 0.15) is 12.5 Å². The van der Waals surface area contributed by atoms with E-state index in [1.165, 1.54) is 4.90 Å². The Morgan fingerprint density at radius 3 is 2.16 bits per heavy atom. The maximum atomic E-state index is 13.7. The SMILES string of the molecule is CCN(C1=C(c2ccccc2OC)C(=O)N(c2ccc(Cl)cc2)C1=O)c1ccccc1. The molecule has 0 saturated carbocycles. The van der Waals surface area contributed by atoms with E-state index in [-0.39, 0.29) is 5.91 Å². The molecule has 156 valence electrons. The van der Waals surface area contributed by atoms with Crippen molar-refractivity contribution in [2.24, 2.45) is 0 Å². The molecule has 0 saturated heterocycles. The molecule has 3 aromatic rings. The molecular weight excluding hydrogens is 412 g/mol. The van der Waals surface area contributed by atoms with Crippen LogP contribution in [0.4, 0.5) is 11.4 Å². The molecule has 0 spiro atoms. The van der Waals surface area contributed by atoms with Gasteiger partial charge in [-0.15, -0.1) is 0 Å². The van der Waals surface area contributed by atoms with Crippen molar-refractivity contribution in [2.45, 2.75) is 6.92 Å². The number of ether oxygens (including phenoxy) is 1. The van der Waals surface area contributed by atoms with Crippen LogP contribution in [0.5, 0.6) is 5.75 Å². The number of nitrogens with zero attached hydrogens (tertiary/aromatic N) is 2. The van der Waals surface area contributed by atoms with Crippen LogP contribution in [0, 0.1) is 0 Å². The highest BCUT2D eigenvalue weighted by Gasteiger charge is 2.43. The van der Waals surface area contributed by atoms with Crippen molar-refractivity contribution >= 4 is 40.4 Å². The highest BCUT2D eigenvalue weighted by Crippen LogP contribution is 2.39. The molecule has 2 amide bonds. The summed E-state index contributed by atoms with van der Waals surface area (Å²) < 4.78 is 5.51. The second-order valence-corrected chi connectivity index (χ2v) is 7.36. The van der Waals surface area contributed by atoms with Crippen molar-refractivity contribution in [2.75, 3.05) is 23.5 Å². The highest BCUT2D eigenvalue weighted by atomic mass is 35.5. The van der Waals surface area contributed by atoms with Gasteiger partial charge < -0.3 is 9.64 Å². The molecule has 0 bridgehead atoms. The molecule has 0 unspecified atom stereocenters. The molecule has 0 atom stereocenters. The van der Waals surface area contributed by atoms with Crippen LogP contribution in [0.2, 0.25) is 5.02 Å². The zero-order valence-corrected chi connectivity index (χ0v) is 18.0. The molecule has 0 aromatic heterocycles. The summed E-state index contributed by atoms with van der Waals surface area (Å²) in [5.41, 5.74) is 2.49. The first kappa shape index (κ1) is 20.7. The third-order valence-electron chi connectivity index (χ3n) is 5.17. The number of carbonyl (C=O) groups excluding carboxylic acids is 2. The number of rotatable bonds is 6. The molecule has 0 radical (unpaired) electrons. The Kier molecular flexibility index (Phi) is 5.78. The van der Waals surface area contributed by atoms with Crippen LogP contribution in [-0.2, 0) is 9.59 Å². The monoisotopic (exact) mass is 432 g/mol. The van der Waals surface area contributed by atoms with E-state index in [1.54, 1.807) is 43.5 Å². The van der Waals surface area contributed by atoms with Gasteiger partial charge in [-0.1, -0.05) is 48.0 Å². The zero-order chi connectivity index (χ0) is 22.0. The van der Waals surface area contributed by atoms with E-state index >= 15 is 0 Å². The van der Waals surface area contributed by atoms with E-state index in [1.807, 2.05) is 54.3 Å². The minimum Gasteiger partial charge on any atom is -0.496 e. The summed E-state index contributed by atoms with van der Waals surface area (Å²) in [6.45, 7) is 2.45. The first-order valence-corrected chi connectivity index (χ1v) is 10.3. The van der Waals surface area contributed by atoms with Gasteiger partial charge in [0.15, 0.2) is 0 Å². The third kappa shape index (κ3) is 3.68. The van der Waals surface area contributed by atoms with Crippen LogP contribution >= 0.6 is 11.6 Å². The van der Waals surface area contributed by atoms with Crippen molar-refractivity contribution in [3.8, 4) is 5.75 Å². The van der Waals surface area contributed by atoms with Gasteiger partial charge in [0.05, 0.1) is 18.4 Å². The first-order valence-electron chi connectivity index (χ1n) is 9.91. The number of benzene rings is 3.